The van der Waals surface area contributed by atoms with Gasteiger partial charge in [0.15, 0.2) is 6.61 Å². The van der Waals surface area contributed by atoms with Gasteiger partial charge in [-0.25, -0.2) is 4.79 Å². The van der Waals surface area contributed by atoms with Crippen molar-refractivity contribution in [1.29, 1.82) is 0 Å². The van der Waals surface area contributed by atoms with Crippen LogP contribution in [-0.2, 0) is 9.53 Å². The Hall–Kier alpha value is -2.58. The fourth-order valence-corrected chi connectivity index (χ4v) is 3.67. The highest BCUT2D eigenvalue weighted by Crippen LogP contribution is 2.33. The molecule has 0 fully saturated rings. The largest absolute Gasteiger partial charge is 0.484 e. The second-order valence-electron chi connectivity index (χ2n) is 5.81. The molecule has 2 amide bonds. The Labute approximate surface area is 172 Å². The molecule has 0 saturated heterocycles. The monoisotopic (exact) mass is 424 g/mol. The maximum Gasteiger partial charge on any atom is 0.341 e. The third-order valence-electron chi connectivity index (χ3n) is 3.81. The Morgan fingerprint density at radius 3 is 2.54 bits per heavy atom. The molecule has 0 saturated carbocycles. The van der Waals surface area contributed by atoms with Gasteiger partial charge in [0, 0.05) is 12.1 Å². The van der Waals surface area contributed by atoms with Crippen LogP contribution in [0.25, 0.3) is 0 Å². The predicted molar refractivity (Wildman–Crippen MR) is 109 cm³/mol. The molecule has 0 aliphatic rings. The Morgan fingerprint density at radius 1 is 1.21 bits per heavy atom. The van der Waals surface area contributed by atoms with Crippen LogP contribution in [-0.4, -0.2) is 38.0 Å². The molecule has 1 aromatic carbocycles. The first-order chi connectivity index (χ1) is 13.3. The van der Waals surface area contributed by atoms with E-state index in [1.165, 1.54) is 7.05 Å². The van der Waals surface area contributed by atoms with Crippen molar-refractivity contribution in [2.75, 3.05) is 25.6 Å². The minimum absolute atomic E-state index is 0.168. The van der Waals surface area contributed by atoms with E-state index in [2.05, 4.69) is 10.6 Å². The summed E-state index contributed by atoms with van der Waals surface area (Å²) in [7, 11) is 1.49. The lowest BCUT2D eigenvalue weighted by Gasteiger charge is -2.09. The number of carbonyl (C=O) groups is 3. The summed E-state index contributed by atoms with van der Waals surface area (Å²) in [4.78, 5) is 37.0. The minimum atomic E-state index is -0.601. The number of hydrogen-bond acceptors (Lipinski definition) is 6. The summed E-state index contributed by atoms with van der Waals surface area (Å²) in [5.74, 6) is -0.920. The van der Waals surface area contributed by atoms with Crippen molar-refractivity contribution >= 4 is 45.7 Å². The first kappa shape index (κ1) is 21.7. The number of thiophene rings is 1. The number of amides is 2. The average molecular weight is 425 g/mol. The first-order valence-corrected chi connectivity index (χ1v) is 9.69. The molecule has 0 radical (unpaired) electrons. The minimum Gasteiger partial charge on any atom is -0.484 e. The van der Waals surface area contributed by atoms with Gasteiger partial charge < -0.3 is 20.1 Å². The molecule has 0 unspecified atom stereocenters. The van der Waals surface area contributed by atoms with Gasteiger partial charge in [-0.15, -0.1) is 11.3 Å². The van der Waals surface area contributed by atoms with Gasteiger partial charge in [-0.3, -0.25) is 9.59 Å². The first-order valence-electron chi connectivity index (χ1n) is 8.49. The summed E-state index contributed by atoms with van der Waals surface area (Å²) in [5, 5.41) is 6.00. The van der Waals surface area contributed by atoms with Crippen LogP contribution in [0.1, 0.15) is 38.1 Å². The van der Waals surface area contributed by atoms with Crippen LogP contribution in [0.3, 0.4) is 0 Å². The summed E-state index contributed by atoms with van der Waals surface area (Å²) >= 11 is 6.98. The summed E-state index contributed by atoms with van der Waals surface area (Å²) in [6.07, 6.45) is 0. The molecule has 0 spiro atoms. The molecule has 2 N–H and O–H groups in total. The van der Waals surface area contributed by atoms with Crippen molar-refractivity contribution < 1.29 is 23.9 Å². The topological polar surface area (TPSA) is 93.7 Å². The van der Waals surface area contributed by atoms with Crippen molar-refractivity contribution in [3.05, 3.63) is 44.8 Å². The summed E-state index contributed by atoms with van der Waals surface area (Å²) in [5.41, 5.74) is 1.45. The number of nitrogens with one attached hydrogen (secondary N) is 2. The maximum absolute atomic E-state index is 12.3. The third kappa shape index (κ3) is 5.02. The second kappa shape index (κ2) is 9.57. The lowest BCUT2D eigenvalue weighted by atomic mass is 10.1. The van der Waals surface area contributed by atoms with E-state index in [9.17, 15) is 14.4 Å². The van der Waals surface area contributed by atoms with Gasteiger partial charge in [0.25, 0.3) is 11.8 Å². The fourth-order valence-electron chi connectivity index (χ4n) is 2.40. The maximum atomic E-state index is 12.3. The van der Waals surface area contributed by atoms with Gasteiger partial charge in [0.2, 0.25) is 0 Å². The van der Waals surface area contributed by atoms with Gasteiger partial charge in [-0.1, -0.05) is 11.6 Å². The van der Waals surface area contributed by atoms with Crippen molar-refractivity contribution in [1.82, 2.24) is 5.32 Å². The van der Waals surface area contributed by atoms with Crippen LogP contribution in [0.5, 0.6) is 5.75 Å². The zero-order valence-corrected chi connectivity index (χ0v) is 17.5. The van der Waals surface area contributed by atoms with Crippen molar-refractivity contribution in [2.24, 2.45) is 0 Å². The highest BCUT2D eigenvalue weighted by atomic mass is 35.5. The molecular weight excluding hydrogens is 404 g/mol. The van der Waals surface area contributed by atoms with Crippen LogP contribution in [0.2, 0.25) is 5.02 Å². The Morgan fingerprint density at radius 2 is 1.93 bits per heavy atom. The molecule has 1 heterocycles. The SMILES string of the molecule is CCOC(=O)c1c(NC(=O)COc2ccc(Cl)c(C)c2)sc(C(=O)NC)c1C. The molecule has 0 aliphatic carbocycles. The highest BCUT2D eigenvalue weighted by Gasteiger charge is 2.26. The number of ether oxygens (including phenoxy) is 2. The van der Waals surface area contributed by atoms with Crippen molar-refractivity contribution in [3.8, 4) is 5.75 Å². The fraction of sp³-hybridized carbons (Fsp3) is 0.316. The standard InChI is InChI=1S/C19H21ClN2O5S/c1-5-26-19(25)15-11(3)16(17(24)21-4)28-18(15)22-14(23)9-27-12-6-7-13(20)10(2)8-12/h6-8H,5,9H2,1-4H3,(H,21,24)(H,22,23). The molecule has 7 nitrogen and oxygen atoms in total. The number of anilines is 1. The zero-order valence-electron chi connectivity index (χ0n) is 16.0. The van der Waals surface area contributed by atoms with E-state index in [4.69, 9.17) is 21.1 Å². The molecule has 9 heteroatoms. The quantitative estimate of drug-likeness (QED) is 0.662. The average Bonchev–Trinajstić information content (AvgIpc) is 2.98. The van der Waals surface area contributed by atoms with Crippen LogP contribution in [0.4, 0.5) is 5.00 Å². The number of rotatable bonds is 7. The second-order valence-corrected chi connectivity index (χ2v) is 7.24. The summed E-state index contributed by atoms with van der Waals surface area (Å²) < 4.78 is 10.5. The molecular formula is C19H21ClN2O5S. The molecule has 1 aromatic heterocycles. The van der Waals surface area contributed by atoms with Gasteiger partial charge in [0.1, 0.15) is 10.8 Å². The number of benzene rings is 1. The summed E-state index contributed by atoms with van der Waals surface area (Å²) in [6.45, 7) is 5.05. The Bertz CT molecular complexity index is 910. The van der Waals surface area contributed by atoms with Gasteiger partial charge in [-0.05, 0) is 50.1 Å². The van der Waals surface area contributed by atoms with Crippen LogP contribution < -0.4 is 15.4 Å². The molecule has 0 bridgehead atoms. The molecule has 0 aliphatic heterocycles. The lowest BCUT2D eigenvalue weighted by molar-refractivity contribution is -0.118. The van der Waals surface area contributed by atoms with E-state index in [-0.39, 0.29) is 29.7 Å². The molecule has 28 heavy (non-hydrogen) atoms. The van der Waals surface area contributed by atoms with E-state index in [1.807, 2.05) is 6.92 Å². The lowest BCUT2D eigenvalue weighted by Crippen LogP contribution is -2.21. The van der Waals surface area contributed by atoms with E-state index in [0.717, 1.165) is 16.9 Å². The van der Waals surface area contributed by atoms with E-state index in [1.54, 1.807) is 32.0 Å². The molecule has 0 atom stereocenters. The Balaban J connectivity index is 2.18. The van der Waals surface area contributed by atoms with Gasteiger partial charge in [0.05, 0.1) is 17.0 Å². The summed E-state index contributed by atoms with van der Waals surface area (Å²) in [6, 6.07) is 5.06. The zero-order chi connectivity index (χ0) is 20.8. The molecule has 2 rings (SSSR count). The van der Waals surface area contributed by atoms with Crippen LogP contribution in [0, 0.1) is 13.8 Å². The number of hydrogen-bond donors (Lipinski definition) is 2. The molecule has 150 valence electrons. The third-order valence-corrected chi connectivity index (χ3v) is 5.44. The smallest absolute Gasteiger partial charge is 0.341 e. The number of aryl methyl sites for hydroxylation is 1. The number of esters is 1. The van der Waals surface area contributed by atoms with Crippen LogP contribution >= 0.6 is 22.9 Å². The van der Waals surface area contributed by atoms with E-state index >= 15 is 0 Å². The van der Waals surface area contributed by atoms with Gasteiger partial charge in [-0.2, -0.15) is 0 Å². The van der Waals surface area contributed by atoms with E-state index < -0.39 is 11.9 Å². The Kier molecular flexibility index (Phi) is 7.42. The van der Waals surface area contributed by atoms with Gasteiger partial charge >= 0.3 is 5.97 Å². The van der Waals surface area contributed by atoms with Crippen molar-refractivity contribution in [3.63, 3.8) is 0 Å². The predicted octanol–water partition coefficient (Wildman–Crippen LogP) is 3.57. The highest BCUT2D eigenvalue weighted by molar-refractivity contribution is 7.18. The normalized spacial score (nSPS) is 10.3. The van der Waals surface area contributed by atoms with Crippen molar-refractivity contribution in [2.45, 2.75) is 20.8 Å². The molecule has 2 aromatic rings. The number of halogens is 1. The van der Waals surface area contributed by atoms with E-state index in [0.29, 0.717) is 21.2 Å². The number of carbonyl (C=O) groups excluding carboxylic acids is 3. The van der Waals surface area contributed by atoms with Crippen LogP contribution in [0.15, 0.2) is 18.2 Å².